The molecule has 114 valence electrons. The molecule has 10 heteroatoms. The number of hydrogen-bond acceptors (Lipinski definition) is 3. The van der Waals surface area contributed by atoms with E-state index >= 15 is 0 Å². The zero-order valence-electron chi connectivity index (χ0n) is 10.6. The largest absolute Gasteiger partial charge is 0.478 e. The standard InChI is InChI=1S/C11H12F2N4O4/c12-6-3-5(9(18)19)8(4-7(6)13)17-11(21)16-2-1-15-10(14)20/h3-4H,1-2H2,(H,18,19)(H3,14,15,20)(H2,16,17,21). The molecule has 0 atom stereocenters. The first-order valence-corrected chi connectivity index (χ1v) is 5.61. The van der Waals surface area contributed by atoms with Crippen LogP contribution in [0.2, 0.25) is 0 Å². The van der Waals surface area contributed by atoms with Crippen molar-refractivity contribution < 1.29 is 28.3 Å². The first kappa shape index (κ1) is 16.1. The molecule has 1 aromatic carbocycles. The molecule has 4 amide bonds. The second kappa shape index (κ2) is 7.03. The molecule has 0 aliphatic rings. The van der Waals surface area contributed by atoms with E-state index in [0.29, 0.717) is 12.1 Å². The van der Waals surface area contributed by atoms with Gasteiger partial charge >= 0.3 is 18.0 Å². The summed E-state index contributed by atoms with van der Waals surface area (Å²) in [7, 11) is 0. The Bertz CT molecular complexity index is 580. The van der Waals surface area contributed by atoms with Gasteiger partial charge in [0, 0.05) is 19.2 Å². The fourth-order valence-electron chi connectivity index (χ4n) is 1.36. The number of rotatable bonds is 5. The Labute approximate surface area is 117 Å². The summed E-state index contributed by atoms with van der Waals surface area (Å²) in [5.41, 5.74) is 3.80. The number of primary amides is 1. The summed E-state index contributed by atoms with van der Waals surface area (Å²) in [6.45, 7) is 0.0488. The fourth-order valence-corrected chi connectivity index (χ4v) is 1.36. The Hall–Kier alpha value is -2.91. The SMILES string of the molecule is NC(=O)NCCNC(=O)Nc1cc(F)c(F)cc1C(=O)O. The second-order valence-corrected chi connectivity index (χ2v) is 3.79. The van der Waals surface area contributed by atoms with E-state index in [-0.39, 0.29) is 13.1 Å². The van der Waals surface area contributed by atoms with Crippen LogP contribution in [-0.2, 0) is 0 Å². The van der Waals surface area contributed by atoms with Crippen molar-refractivity contribution in [3.05, 3.63) is 29.3 Å². The van der Waals surface area contributed by atoms with Crippen LogP contribution in [0.25, 0.3) is 0 Å². The van der Waals surface area contributed by atoms with Gasteiger partial charge in [0.2, 0.25) is 0 Å². The fraction of sp³-hybridized carbons (Fsp3) is 0.182. The average molecular weight is 302 g/mol. The van der Waals surface area contributed by atoms with Gasteiger partial charge < -0.3 is 26.8 Å². The number of aromatic carboxylic acids is 1. The highest BCUT2D eigenvalue weighted by Gasteiger charge is 2.16. The van der Waals surface area contributed by atoms with Gasteiger partial charge in [0.25, 0.3) is 0 Å². The lowest BCUT2D eigenvalue weighted by Crippen LogP contribution is -2.38. The molecule has 0 aliphatic carbocycles. The molecule has 0 aliphatic heterocycles. The number of carbonyl (C=O) groups excluding carboxylic acids is 2. The number of amides is 4. The molecule has 0 bridgehead atoms. The number of hydrogen-bond donors (Lipinski definition) is 5. The van der Waals surface area contributed by atoms with Gasteiger partial charge in [-0.1, -0.05) is 0 Å². The minimum absolute atomic E-state index is 0.000848. The highest BCUT2D eigenvalue weighted by molar-refractivity contribution is 6.00. The normalized spacial score (nSPS) is 9.81. The number of urea groups is 2. The Morgan fingerprint density at radius 1 is 1.10 bits per heavy atom. The summed E-state index contributed by atoms with van der Waals surface area (Å²) >= 11 is 0. The second-order valence-electron chi connectivity index (χ2n) is 3.79. The lowest BCUT2D eigenvalue weighted by Gasteiger charge is -2.10. The van der Waals surface area contributed by atoms with Gasteiger partial charge in [-0.3, -0.25) is 0 Å². The molecule has 0 saturated carbocycles. The third-order valence-corrected chi connectivity index (χ3v) is 2.25. The van der Waals surface area contributed by atoms with Crippen LogP contribution in [0.5, 0.6) is 0 Å². The molecule has 21 heavy (non-hydrogen) atoms. The number of nitrogens with one attached hydrogen (secondary N) is 3. The van der Waals surface area contributed by atoms with E-state index in [4.69, 9.17) is 10.8 Å². The van der Waals surface area contributed by atoms with Gasteiger partial charge in [-0.25, -0.2) is 23.2 Å². The smallest absolute Gasteiger partial charge is 0.337 e. The predicted octanol–water partition coefficient (Wildman–Crippen LogP) is 0.453. The molecule has 1 aromatic rings. The van der Waals surface area contributed by atoms with Crippen LogP contribution in [0.3, 0.4) is 0 Å². The molecule has 0 unspecified atom stereocenters. The Kier molecular flexibility index (Phi) is 5.40. The summed E-state index contributed by atoms with van der Waals surface area (Å²) in [5, 5.41) is 15.4. The van der Waals surface area contributed by atoms with Crippen LogP contribution in [0.15, 0.2) is 12.1 Å². The van der Waals surface area contributed by atoms with E-state index in [1.165, 1.54) is 0 Å². The highest BCUT2D eigenvalue weighted by Crippen LogP contribution is 2.20. The van der Waals surface area contributed by atoms with E-state index < -0.39 is 40.9 Å². The summed E-state index contributed by atoms with van der Waals surface area (Å²) in [6, 6.07) is -0.608. The van der Waals surface area contributed by atoms with Crippen molar-refractivity contribution in [2.24, 2.45) is 5.73 Å². The van der Waals surface area contributed by atoms with Gasteiger partial charge in [-0.15, -0.1) is 0 Å². The number of anilines is 1. The number of carbonyl (C=O) groups is 3. The monoisotopic (exact) mass is 302 g/mol. The zero-order valence-corrected chi connectivity index (χ0v) is 10.6. The Balaban J connectivity index is 2.69. The summed E-state index contributed by atoms with van der Waals surface area (Å²) in [4.78, 5) is 32.7. The maximum absolute atomic E-state index is 13.1. The van der Waals surface area contributed by atoms with Gasteiger partial charge in [0.05, 0.1) is 11.3 Å². The maximum Gasteiger partial charge on any atom is 0.337 e. The van der Waals surface area contributed by atoms with Gasteiger partial charge in [0.15, 0.2) is 11.6 Å². The number of carboxylic acid groups (broad SMARTS) is 1. The van der Waals surface area contributed by atoms with Gasteiger partial charge in [0.1, 0.15) is 0 Å². The average Bonchev–Trinajstić information content (AvgIpc) is 2.38. The first-order chi connectivity index (χ1) is 9.81. The van der Waals surface area contributed by atoms with Crippen LogP contribution in [0, 0.1) is 11.6 Å². The lowest BCUT2D eigenvalue weighted by atomic mass is 10.1. The van der Waals surface area contributed by atoms with E-state index in [0.717, 1.165) is 0 Å². The van der Waals surface area contributed by atoms with Gasteiger partial charge in [-0.05, 0) is 6.07 Å². The van der Waals surface area contributed by atoms with Crippen LogP contribution in [0.1, 0.15) is 10.4 Å². The first-order valence-electron chi connectivity index (χ1n) is 5.61. The molecule has 0 aromatic heterocycles. The van der Waals surface area contributed by atoms with Crippen LogP contribution in [0.4, 0.5) is 24.1 Å². The van der Waals surface area contributed by atoms with Crippen LogP contribution in [-0.4, -0.2) is 36.2 Å². The number of halogens is 2. The van der Waals surface area contributed by atoms with Crippen molar-refractivity contribution in [3.63, 3.8) is 0 Å². The third kappa shape index (κ3) is 4.93. The minimum Gasteiger partial charge on any atom is -0.478 e. The lowest BCUT2D eigenvalue weighted by molar-refractivity contribution is 0.0697. The molecule has 0 spiro atoms. The van der Waals surface area contributed by atoms with E-state index in [1.54, 1.807) is 0 Å². The summed E-state index contributed by atoms with van der Waals surface area (Å²) in [5.74, 6) is -4.17. The third-order valence-electron chi connectivity index (χ3n) is 2.25. The van der Waals surface area contributed by atoms with Crippen LogP contribution < -0.4 is 21.7 Å². The van der Waals surface area contributed by atoms with E-state index in [1.807, 2.05) is 0 Å². The molecule has 6 N–H and O–H groups in total. The number of nitrogens with two attached hydrogens (primary N) is 1. The van der Waals surface area contributed by atoms with E-state index in [9.17, 15) is 23.2 Å². The topological polar surface area (TPSA) is 134 Å². The highest BCUT2D eigenvalue weighted by atomic mass is 19.2. The van der Waals surface area contributed by atoms with Crippen LogP contribution >= 0.6 is 0 Å². The molecular formula is C11H12F2N4O4. The number of carboxylic acids is 1. The summed E-state index contributed by atoms with van der Waals surface area (Å²) in [6.07, 6.45) is 0. The molecule has 0 radical (unpaired) electrons. The molecule has 1 rings (SSSR count). The van der Waals surface area contributed by atoms with Crippen molar-refractivity contribution in [3.8, 4) is 0 Å². The Morgan fingerprint density at radius 2 is 1.67 bits per heavy atom. The van der Waals surface area contributed by atoms with Crippen molar-refractivity contribution in [1.29, 1.82) is 0 Å². The zero-order chi connectivity index (χ0) is 16.0. The van der Waals surface area contributed by atoms with E-state index in [2.05, 4.69) is 16.0 Å². The molecule has 0 fully saturated rings. The van der Waals surface area contributed by atoms with Gasteiger partial charge in [-0.2, -0.15) is 0 Å². The summed E-state index contributed by atoms with van der Waals surface area (Å²) < 4.78 is 26.0. The Morgan fingerprint density at radius 3 is 2.24 bits per heavy atom. The van der Waals surface area contributed by atoms with Crippen molar-refractivity contribution >= 4 is 23.7 Å². The van der Waals surface area contributed by atoms with Crippen molar-refractivity contribution in [2.45, 2.75) is 0 Å². The molecular weight excluding hydrogens is 290 g/mol. The quantitative estimate of drug-likeness (QED) is 0.505. The predicted molar refractivity (Wildman–Crippen MR) is 67.9 cm³/mol. The molecule has 0 saturated heterocycles. The van der Waals surface area contributed by atoms with Crippen molar-refractivity contribution in [2.75, 3.05) is 18.4 Å². The minimum atomic E-state index is -1.53. The molecule has 0 heterocycles. The van der Waals surface area contributed by atoms with Crippen molar-refractivity contribution in [1.82, 2.24) is 10.6 Å². The number of benzene rings is 1. The maximum atomic E-state index is 13.1. The molecule has 8 nitrogen and oxygen atoms in total.